The molecule has 0 atom stereocenters. The van der Waals surface area contributed by atoms with Crippen LogP contribution in [0.5, 0.6) is 0 Å². The second-order valence-corrected chi connectivity index (χ2v) is 4.95. The molecule has 0 N–H and O–H groups in total. The molecule has 0 unspecified atom stereocenters. The number of rotatable bonds is 3. The van der Waals surface area contributed by atoms with Gasteiger partial charge in [-0.25, -0.2) is 10.1 Å². The van der Waals surface area contributed by atoms with Crippen molar-refractivity contribution in [3.8, 4) is 0 Å². The Kier molecular flexibility index (Phi) is 3.98. The van der Waals surface area contributed by atoms with Gasteiger partial charge in [-0.05, 0) is 45.6 Å². The Morgan fingerprint density at radius 2 is 2.06 bits per heavy atom. The van der Waals surface area contributed by atoms with Crippen LogP contribution in [0.4, 0.5) is 0 Å². The molecule has 18 heavy (non-hydrogen) atoms. The van der Waals surface area contributed by atoms with Gasteiger partial charge < -0.3 is 4.90 Å². The zero-order valence-corrected chi connectivity index (χ0v) is 11.0. The van der Waals surface area contributed by atoms with E-state index in [1.165, 1.54) is 4.68 Å². The second-order valence-electron chi connectivity index (χ2n) is 4.95. The van der Waals surface area contributed by atoms with Crippen molar-refractivity contribution in [2.45, 2.75) is 19.9 Å². The molecule has 1 saturated heterocycles. The van der Waals surface area contributed by atoms with Gasteiger partial charge in [-0.3, -0.25) is 4.90 Å². The fraction of sp³-hybridized carbons (Fsp3) is 0.667. The summed E-state index contributed by atoms with van der Waals surface area (Å²) in [6, 6.07) is 3.66. The van der Waals surface area contributed by atoms with E-state index in [-0.39, 0.29) is 5.03 Å². The van der Waals surface area contributed by atoms with Crippen molar-refractivity contribution in [2.75, 3.05) is 33.2 Å². The van der Waals surface area contributed by atoms with E-state index in [0.717, 1.165) is 38.3 Å². The molecule has 1 fully saturated rings. The summed E-state index contributed by atoms with van der Waals surface area (Å²) in [5.74, 6) is 0. The van der Waals surface area contributed by atoms with Crippen molar-refractivity contribution in [3.63, 3.8) is 0 Å². The van der Waals surface area contributed by atoms with Crippen molar-refractivity contribution < 1.29 is 5.03 Å². The van der Waals surface area contributed by atoms with E-state index in [2.05, 4.69) is 16.8 Å². The molecule has 1 aliphatic rings. The lowest BCUT2D eigenvalue weighted by Crippen LogP contribution is -2.30. The Morgan fingerprint density at radius 3 is 2.78 bits per heavy atom. The highest BCUT2D eigenvalue weighted by molar-refractivity contribution is 5.13. The van der Waals surface area contributed by atoms with Crippen LogP contribution in [-0.4, -0.2) is 52.7 Å². The predicted octanol–water partition coefficient (Wildman–Crippen LogP) is 0.974. The monoisotopic (exact) mass is 252 g/mol. The minimum Gasteiger partial charge on any atom is -0.305 e. The van der Waals surface area contributed by atoms with Gasteiger partial charge in [-0.15, -0.1) is 0 Å². The van der Waals surface area contributed by atoms with E-state index in [4.69, 9.17) is 0 Å². The molecule has 0 bridgehead atoms. The van der Waals surface area contributed by atoms with Crippen molar-refractivity contribution >= 4 is 0 Å². The average Bonchev–Trinajstić information content (AvgIpc) is 2.54. The summed E-state index contributed by atoms with van der Waals surface area (Å²) in [6.07, 6.45) is 1.12. The first-order chi connectivity index (χ1) is 8.58. The van der Waals surface area contributed by atoms with E-state index in [9.17, 15) is 10.1 Å². The molecule has 100 valence electrons. The van der Waals surface area contributed by atoms with Gasteiger partial charge in [-0.2, -0.15) is 0 Å². The third kappa shape index (κ3) is 2.88. The molecule has 1 aliphatic heterocycles. The maximum atomic E-state index is 11.0. The molecule has 1 aromatic heterocycles. The molecular weight excluding hydrogens is 232 g/mol. The smallest absolute Gasteiger partial charge is 0.169 e. The molecule has 2 heterocycles. The molecule has 0 saturated carbocycles. The minimum atomic E-state index is -0.339. The summed E-state index contributed by atoms with van der Waals surface area (Å²) in [4.78, 5) is 15.6. The summed E-state index contributed by atoms with van der Waals surface area (Å²) in [7, 11) is 2.12. The lowest BCUT2D eigenvalue weighted by molar-refractivity contribution is -0.544. The van der Waals surface area contributed by atoms with Gasteiger partial charge in [0.15, 0.2) is 5.03 Å². The molecule has 6 heteroatoms. The van der Waals surface area contributed by atoms with Gasteiger partial charge in [0, 0.05) is 19.6 Å². The van der Waals surface area contributed by atoms with E-state index >= 15 is 0 Å². The molecule has 1 aromatic rings. The largest absolute Gasteiger partial charge is 0.305 e. The summed E-state index contributed by atoms with van der Waals surface area (Å²) in [5, 5.41) is 10.7. The van der Waals surface area contributed by atoms with Gasteiger partial charge in [0.1, 0.15) is 5.69 Å². The molecular formula is C12H20N4O2. The Hall–Kier alpha value is -1.40. The number of nitrogens with zero attached hydrogens (tertiary/aromatic N) is 4. The first-order valence-corrected chi connectivity index (χ1v) is 6.30. The van der Waals surface area contributed by atoms with Crippen LogP contribution >= 0.6 is 0 Å². The lowest BCUT2D eigenvalue weighted by Gasteiger charge is -2.19. The molecule has 0 aromatic carbocycles. The van der Waals surface area contributed by atoms with Gasteiger partial charge in [0.2, 0.25) is 0 Å². The lowest BCUT2D eigenvalue weighted by atomic mass is 10.3. The summed E-state index contributed by atoms with van der Waals surface area (Å²) in [6.45, 7) is 6.53. The maximum absolute atomic E-state index is 11.0. The van der Waals surface area contributed by atoms with E-state index in [1.807, 2.05) is 12.1 Å². The van der Waals surface area contributed by atoms with Crippen molar-refractivity contribution in [2.24, 2.45) is 0 Å². The van der Waals surface area contributed by atoms with Crippen LogP contribution in [-0.2, 0) is 6.54 Å². The maximum Gasteiger partial charge on any atom is 0.169 e. The van der Waals surface area contributed by atoms with Crippen LogP contribution in [0.1, 0.15) is 17.8 Å². The Labute approximate surface area is 107 Å². The molecule has 2 rings (SSSR count). The molecule has 6 nitrogen and oxygen atoms in total. The minimum absolute atomic E-state index is 0.339. The first kappa shape index (κ1) is 13.0. The molecule has 0 radical (unpaired) electrons. The molecule has 0 amide bonds. The summed E-state index contributed by atoms with van der Waals surface area (Å²) >= 11 is 0. The van der Waals surface area contributed by atoms with Crippen molar-refractivity contribution in [3.05, 3.63) is 33.6 Å². The van der Waals surface area contributed by atoms with Gasteiger partial charge >= 0.3 is 0 Å². The van der Waals surface area contributed by atoms with Gasteiger partial charge in [-0.1, -0.05) is 4.68 Å². The fourth-order valence-corrected chi connectivity index (χ4v) is 2.43. The summed E-state index contributed by atoms with van der Waals surface area (Å²) in [5.41, 5.74) is 1.45. The molecule has 0 spiro atoms. The van der Waals surface area contributed by atoms with Crippen LogP contribution in [0.2, 0.25) is 0 Å². The number of hydrogen-bond donors (Lipinski definition) is 0. The number of likely N-dealkylation sites (N-methyl/N-ethyl adjacent to an activating group) is 1. The number of aryl methyl sites for hydroxylation is 1. The van der Waals surface area contributed by atoms with Crippen LogP contribution in [0, 0.1) is 17.0 Å². The van der Waals surface area contributed by atoms with Crippen LogP contribution < -0.4 is 0 Å². The third-order valence-electron chi connectivity index (χ3n) is 3.48. The zero-order valence-electron chi connectivity index (χ0n) is 11.0. The van der Waals surface area contributed by atoms with E-state index in [1.54, 1.807) is 6.92 Å². The van der Waals surface area contributed by atoms with Crippen molar-refractivity contribution in [1.29, 1.82) is 0 Å². The quantitative estimate of drug-likeness (QED) is 0.594. The Morgan fingerprint density at radius 1 is 1.28 bits per heavy atom. The Balaban J connectivity index is 2.07. The standard InChI is InChI=1S/C12H20N4O2/c1-11-4-5-12(15(11)16(17)18)10-14-7-3-6-13(2)8-9-14/h4-5H,3,6-10H2,1-2H3. The predicted molar refractivity (Wildman–Crippen MR) is 69.0 cm³/mol. The van der Waals surface area contributed by atoms with Gasteiger partial charge in [0.25, 0.3) is 0 Å². The van der Waals surface area contributed by atoms with E-state index in [0.29, 0.717) is 12.2 Å². The fourth-order valence-electron chi connectivity index (χ4n) is 2.43. The zero-order chi connectivity index (χ0) is 13.1. The van der Waals surface area contributed by atoms with Crippen molar-refractivity contribution in [1.82, 2.24) is 14.5 Å². The molecule has 0 aliphatic carbocycles. The SMILES string of the molecule is Cc1ccc(CN2CCCN(C)CC2)n1[N+](=O)[O-]. The normalized spacial score (nSPS) is 18.8. The first-order valence-electron chi connectivity index (χ1n) is 6.30. The number of aromatic nitrogens is 1. The average molecular weight is 252 g/mol. The topological polar surface area (TPSA) is 54.5 Å². The van der Waals surface area contributed by atoms with Crippen LogP contribution in [0.3, 0.4) is 0 Å². The van der Waals surface area contributed by atoms with Gasteiger partial charge in [0.05, 0.1) is 5.69 Å². The highest BCUT2D eigenvalue weighted by Crippen LogP contribution is 2.12. The van der Waals surface area contributed by atoms with Crippen LogP contribution in [0.15, 0.2) is 12.1 Å². The number of nitro groups is 1. The highest BCUT2D eigenvalue weighted by Gasteiger charge is 2.18. The second kappa shape index (κ2) is 5.49. The highest BCUT2D eigenvalue weighted by atomic mass is 16.7. The number of hydrogen-bond acceptors (Lipinski definition) is 4. The summed E-state index contributed by atoms with van der Waals surface area (Å²) < 4.78 is 1.19. The third-order valence-corrected chi connectivity index (χ3v) is 3.48. The van der Waals surface area contributed by atoms with Crippen LogP contribution in [0.25, 0.3) is 0 Å². The Bertz CT molecular complexity index is 430. The van der Waals surface area contributed by atoms with E-state index < -0.39 is 0 Å².